The van der Waals surface area contributed by atoms with E-state index in [2.05, 4.69) is 32.1 Å². The first-order chi connectivity index (χ1) is 16.1. The van der Waals surface area contributed by atoms with E-state index in [1.54, 1.807) is 58.2 Å². The molecule has 0 aliphatic heterocycles. The second kappa shape index (κ2) is 17.3. The summed E-state index contributed by atoms with van der Waals surface area (Å²) in [7, 11) is 3.73. The number of allylic oxidation sites excluding steroid dienone is 2. The summed E-state index contributed by atoms with van der Waals surface area (Å²) in [6, 6.07) is 12.9. The maximum absolute atomic E-state index is 12.2. The highest BCUT2D eigenvalue weighted by molar-refractivity contribution is 7.80. The van der Waals surface area contributed by atoms with E-state index < -0.39 is 11.6 Å². The van der Waals surface area contributed by atoms with Crippen LogP contribution in [0.1, 0.15) is 56.1 Å². The Labute approximate surface area is 212 Å². The van der Waals surface area contributed by atoms with Gasteiger partial charge in [0.25, 0.3) is 0 Å². The fourth-order valence-corrected chi connectivity index (χ4v) is 2.75. The van der Waals surface area contributed by atoms with Crippen LogP contribution in [0.2, 0.25) is 0 Å². The largest absolute Gasteiger partial charge is 0.476 e. The molecule has 0 heterocycles. The third kappa shape index (κ3) is 11.8. The molecule has 2 aromatic carbocycles. The van der Waals surface area contributed by atoms with Gasteiger partial charge in [0.05, 0.1) is 13.7 Å². The number of aryl methyl sites for hydroxylation is 1. The highest BCUT2D eigenvalue weighted by Crippen LogP contribution is 2.25. The van der Waals surface area contributed by atoms with Crippen molar-refractivity contribution >= 4 is 33.8 Å². The van der Waals surface area contributed by atoms with E-state index in [0.29, 0.717) is 24.3 Å². The maximum Gasteiger partial charge on any atom is 0.349 e. The molecule has 188 valence electrons. The van der Waals surface area contributed by atoms with Crippen LogP contribution in [0.15, 0.2) is 59.5 Å². The summed E-state index contributed by atoms with van der Waals surface area (Å²) in [4.78, 5) is 29.2. The monoisotopic (exact) mass is 507 g/mol. The second-order valence-electron chi connectivity index (χ2n) is 7.27. The molecule has 34 heavy (non-hydrogen) atoms. The molecule has 0 spiro atoms. The van der Waals surface area contributed by atoms with Gasteiger partial charge in [-0.3, -0.25) is 4.79 Å². The van der Waals surface area contributed by atoms with Crippen molar-refractivity contribution < 1.29 is 23.9 Å². The Morgan fingerprint density at radius 3 is 2.21 bits per heavy atom. The van der Waals surface area contributed by atoms with Crippen LogP contribution in [0.3, 0.4) is 0 Å². The Hall–Kier alpha value is -2.18. The molecule has 1 atom stereocenters. The molecule has 0 aromatic heterocycles. The van der Waals surface area contributed by atoms with Crippen LogP contribution in [-0.2, 0) is 20.8 Å². The van der Waals surface area contributed by atoms with Gasteiger partial charge in [0.1, 0.15) is 5.75 Å². The normalized spacial score (nSPS) is 10.5. The minimum absolute atomic E-state index is 0.0406. The lowest BCUT2D eigenvalue weighted by Gasteiger charge is -2.25. The standard InChI is InChI=1S/C23H26O4S.C2H6.CH6NOP/c1-5-26-22(25)23(3,4)27-21-14-9-17(15-16(21)2)7-6-8-20(24)18-10-12-19(28)13-11-18;1-2;1-3-2-4/h6,8-15,28H,5,7H2,1-4H3;1-2H3;2H,4H2,1H3/b8-6+;;. The average molecular weight is 508 g/mol. The quantitative estimate of drug-likeness (QED) is 0.109. The Morgan fingerprint density at radius 1 is 1.12 bits per heavy atom. The van der Waals surface area contributed by atoms with Crippen LogP contribution in [0.25, 0.3) is 0 Å². The fraction of sp³-hybridized carbons (Fsp3) is 0.385. The Bertz CT molecular complexity index is 912. The number of benzene rings is 2. The predicted octanol–water partition coefficient (Wildman–Crippen LogP) is 5.94. The lowest BCUT2D eigenvalue weighted by atomic mass is 10.1. The number of thiol groups is 1. The number of nitrogens with one attached hydrogen (secondary N) is 1. The van der Waals surface area contributed by atoms with Crippen molar-refractivity contribution in [3.8, 4) is 5.75 Å². The number of hydrogen-bond donors (Lipinski definition) is 2. The summed E-state index contributed by atoms with van der Waals surface area (Å²) in [5.41, 5.74) is 1.54. The third-order valence-electron chi connectivity index (χ3n) is 4.26. The van der Waals surface area contributed by atoms with Gasteiger partial charge in [-0.05, 0) is 91.0 Å². The van der Waals surface area contributed by atoms with Crippen LogP contribution in [-0.4, -0.2) is 31.1 Å². The summed E-state index contributed by atoms with van der Waals surface area (Å²) < 4.78 is 10.9. The molecule has 0 aliphatic rings. The molecule has 0 radical (unpaired) electrons. The molecule has 0 fully saturated rings. The molecule has 0 aliphatic carbocycles. The molecule has 1 unspecified atom stereocenters. The highest BCUT2D eigenvalue weighted by atomic mass is 32.1. The maximum atomic E-state index is 12.2. The molecule has 2 aromatic rings. The number of carbonyl (C=O) groups is 2. The molecule has 0 bridgehead atoms. The molecule has 8 heteroatoms. The summed E-state index contributed by atoms with van der Waals surface area (Å²) in [6.07, 6.45) is 4.05. The van der Waals surface area contributed by atoms with Crippen LogP contribution >= 0.6 is 22.0 Å². The van der Waals surface area contributed by atoms with Gasteiger partial charge in [0, 0.05) is 10.5 Å². The zero-order chi connectivity index (χ0) is 26.1. The lowest BCUT2D eigenvalue weighted by Crippen LogP contribution is -2.39. The Balaban J connectivity index is 0.00000164. The first-order valence-electron chi connectivity index (χ1n) is 11.1. The predicted molar refractivity (Wildman–Crippen MR) is 145 cm³/mol. The Morgan fingerprint density at radius 2 is 1.71 bits per heavy atom. The van der Waals surface area contributed by atoms with Crippen molar-refractivity contribution in [2.75, 3.05) is 13.7 Å². The summed E-state index contributed by atoms with van der Waals surface area (Å²) in [5.74, 6) is 0.195. The van der Waals surface area contributed by atoms with E-state index in [-0.39, 0.29) is 5.78 Å². The SMILES string of the molecule is CC.CCOC(=O)C(C)(C)Oc1ccc(C/C=C/C(=O)c2ccc(S)cc2)cc1C.CONP. The topological polar surface area (TPSA) is 73.9 Å². The third-order valence-corrected chi connectivity index (χ3v) is 4.80. The van der Waals surface area contributed by atoms with Gasteiger partial charge in [-0.2, -0.15) is 5.25 Å². The van der Waals surface area contributed by atoms with E-state index in [0.717, 1.165) is 16.0 Å². The smallest absolute Gasteiger partial charge is 0.349 e. The average Bonchev–Trinajstić information content (AvgIpc) is 2.82. The van der Waals surface area contributed by atoms with Crippen LogP contribution in [0, 0.1) is 6.92 Å². The molecule has 2 rings (SSSR count). The Kier molecular flexibility index (Phi) is 16.2. The zero-order valence-corrected chi connectivity index (χ0v) is 23.2. The van der Waals surface area contributed by atoms with Crippen molar-refractivity contribution in [1.29, 1.82) is 0 Å². The fourth-order valence-electron chi connectivity index (χ4n) is 2.60. The van der Waals surface area contributed by atoms with Crippen molar-refractivity contribution in [2.24, 2.45) is 0 Å². The molecular weight excluding hydrogens is 469 g/mol. The van der Waals surface area contributed by atoms with Crippen LogP contribution in [0.4, 0.5) is 0 Å². The van der Waals surface area contributed by atoms with Gasteiger partial charge in [-0.15, -0.1) is 12.6 Å². The van der Waals surface area contributed by atoms with E-state index in [9.17, 15) is 9.59 Å². The summed E-state index contributed by atoms with van der Waals surface area (Å²) in [5, 5.41) is 2.35. The summed E-state index contributed by atoms with van der Waals surface area (Å²) >= 11 is 4.22. The number of carbonyl (C=O) groups excluding carboxylic acids is 2. The number of ketones is 1. The molecule has 0 amide bonds. The van der Waals surface area contributed by atoms with Crippen LogP contribution in [0.5, 0.6) is 5.75 Å². The van der Waals surface area contributed by atoms with Crippen molar-refractivity contribution in [1.82, 2.24) is 5.25 Å². The van der Waals surface area contributed by atoms with Crippen molar-refractivity contribution in [3.05, 3.63) is 71.3 Å². The first-order valence-corrected chi connectivity index (χ1v) is 12.1. The van der Waals surface area contributed by atoms with Crippen LogP contribution < -0.4 is 9.99 Å². The van der Waals surface area contributed by atoms with E-state index >= 15 is 0 Å². The van der Waals surface area contributed by atoms with Gasteiger partial charge in [-0.25, -0.2) is 4.79 Å². The van der Waals surface area contributed by atoms with Gasteiger partial charge in [0.15, 0.2) is 11.4 Å². The van der Waals surface area contributed by atoms with E-state index in [4.69, 9.17) is 9.47 Å². The minimum atomic E-state index is -1.06. The van der Waals surface area contributed by atoms with E-state index in [1.165, 1.54) is 0 Å². The van der Waals surface area contributed by atoms with Crippen molar-refractivity contribution in [2.45, 2.75) is 58.5 Å². The molecule has 6 nitrogen and oxygen atoms in total. The van der Waals surface area contributed by atoms with Crippen molar-refractivity contribution in [3.63, 3.8) is 0 Å². The lowest BCUT2D eigenvalue weighted by molar-refractivity contribution is -0.158. The molecule has 1 N–H and O–H groups in total. The van der Waals surface area contributed by atoms with Gasteiger partial charge in [-0.1, -0.05) is 32.1 Å². The first kappa shape index (κ1) is 31.8. The summed E-state index contributed by atoms with van der Waals surface area (Å²) in [6.45, 7) is 11.4. The van der Waals surface area contributed by atoms with Gasteiger partial charge in [0.2, 0.25) is 0 Å². The molecule has 0 saturated carbocycles. The number of rotatable bonds is 9. The molecular formula is C26H38NO5PS. The zero-order valence-electron chi connectivity index (χ0n) is 21.2. The highest BCUT2D eigenvalue weighted by Gasteiger charge is 2.32. The minimum Gasteiger partial charge on any atom is -0.476 e. The number of esters is 1. The molecule has 0 saturated heterocycles. The second-order valence-corrected chi connectivity index (χ2v) is 8.02. The van der Waals surface area contributed by atoms with E-state index in [1.807, 2.05) is 45.0 Å². The van der Waals surface area contributed by atoms with Gasteiger partial charge >= 0.3 is 5.97 Å². The van der Waals surface area contributed by atoms with Gasteiger partial charge < -0.3 is 14.3 Å². The number of hydrogen-bond acceptors (Lipinski definition) is 7. The number of ether oxygens (including phenoxy) is 2.